The van der Waals surface area contributed by atoms with E-state index >= 15 is 0 Å². The van der Waals surface area contributed by atoms with Gasteiger partial charge in [-0.2, -0.15) is 0 Å². The van der Waals surface area contributed by atoms with Crippen molar-refractivity contribution < 1.29 is 0 Å². The van der Waals surface area contributed by atoms with E-state index in [0.29, 0.717) is 0 Å². The molecule has 2 atom stereocenters. The van der Waals surface area contributed by atoms with Crippen LogP contribution < -0.4 is 5.32 Å². The minimum atomic E-state index is 0.788. The van der Waals surface area contributed by atoms with Crippen molar-refractivity contribution in [2.45, 2.75) is 44.3 Å². The van der Waals surface area contributed by atoms with Gasteiger partial charge < -0.3 is 5.32 Å². The summed E-state index contributed by atoms with van der Waals surface area (Å²) in [6.45, 7) is 2.32. The third kappa shape index (κ3) is 2.93. The minimum Gasteiger partial charge on any atom is -0.314 e. The van der Waals surface area contributed by atoms with Crippen molar-refractivity contribution in [2.24, 2.45) is 5.92 Å². The van der Waals surface area contributed by atoms with Crippen LogP contribution in [-0.4, -0.2) is 30.6 Å². The van der Waals surface area contributed by atoms with Gasteiger partial charge >= 0.3 is 0 Å². The molecule has 0 bridgehead atoms. The van der Waals surface area contributed by atoms with Gasteiger partial charge in [0.25, 0.3) is 0 Å². The normalized spacial score (nSPS) is 27.2. The highest BCUT2D eigenvalue weighted by Gasteiger charge is 2.34. The second-order valence-electron chi connectivity index (χ2n) is 5.99. The molecule has 2 aliphatic rings. The van der Waals surface area contributed by atoms with Crippen molar-refractivity contribution in [3.05, 3.63) is 35.9 Å². The van der Waals surface area contributed by atoms with E-state index in [4.69, 9.17) is 0 Å². The molecule has 2 nitrogen and oxygen atoms in total. The number of hydrogen-bond acceptors (Lipinski definition) is 2. The van der Waals surface area contributed by atoms with E-state index in [1.54, 1.807) is 0 Å². The summed E-state index contributed by atoms with van der Waals surface area (Å²) in [5, 5.41) is 3.68. The van der Waals surface area contributed by atoms with Crippen LogP contribution in [0.4, 0.5) is 0 Å². The predicted molar refractivity (Wildman–Crippen MR) is 75.4 cm³/mol. The lowest BCUT2D eigenvalue weighted by atomic mass is 9.78. The molecule has 1 aromatic rings. The number of nitrogens with one attached hydrogen (secondary N) is 1. The smallest absolute Gasteiger partial charge is 0.0233 e. The van der Waals surface area contributed by atoms with Crippen LogP contribution in [0.25, 0.3) is 0 Å². The first kappa shape index (κ1) is 12.2. The summed E-state index contributed by atoms with van der Waals surface area (Å²) < 4.78 is 0. The minimum absolute atomic E-state index is 0.788. The molecule has 0 amide bonds. The van der Waals surface area contributed by atoms with Crippen molar-refractivity contribution in [1.29, 1.82) is 0 Å². The lowest BCUT2D eigenvalue weighted by Gasteiger charge is -2.43. The van der Waals surface area contributed by atoms with Gasteiger partial charge in [0.05, 0.1) is 0 Å². The zero-order valence-corrected chi connectivity index (χ0v) is 11.3. The lowest BCUT2D eigenvalue weighted by Crippen LogP contribution is -2.48. The average Bonchev–Trinajstić information content (AvgIpc) is 3.13. The second-order valence-corrected chi connectivity index (χ2v) is 5.99. The molecule has 2 unspecified atom stereocenters. The summed E-state index contributed by atoms with van der Waals surface area (Å²) in [6, 6.07) is 12.5. The van der Waals surface area contributed by atoms with Gasteiger partial charge in [-0.05, 0) is 50.8 Å². The summed E-state index contributed by atoms with van der Waals surface area (Å²) in [7, 11) is 2.28. The van der Waals surface area contributed by atoms with E-state index in [9.17, 15) is 0 Å². The fourth-order valence-corrected chi connectivity index (χ4v) is 2.96. The first-order valence-corrected chi connectivity index (χ1v) is 7.30. The molecule has 2 aliphatic carbocycles. The van der Waals surface area contributed by atoms with Gasteiger partial charge in [-0.15, -0.1) is 0 Å². The molecule has 0 radical (unpaired) electrons. The number of rotatable bonds is 6. The Hall–Kier alpha value is -0.860. The van der Waals surface area contributed by atoms with Crippen molar-refractivity contribution in [1.82, 2.24) is 10.2 Å². The van der Waals surface area contributed by atoms with Crippen molar-refractivity contribution in [2.75, 3.05) is 13.6 Å². The summed E-state index contributed by atoms with van der Waals surface area (Å²) in [5.74, 6) is 0.874. The molecule has 2 fully saturated rings. The average molecular weight is 244 g/mol. The first-order chi connectivity index (χ1) is 8.83. The van der Waals surface area contributed by atoms with E-state index in [2.05, 4.69) is 47.6 Å². The Balaban J connectivity index is 1.47. The van der Waals surface area contributed by atoms with Gasteiger partial charge in [0, 0.05) is 18.6 Å². The highest BCUT2D eigenvalue weighted by atomic mass is 15.1. The maximum Gasteiger partial charge on any atom is 0.0233 e. The molecule has 3 rings (SSSR count). The third-order valence-corrected chi connectivity index (χ3v) is 4.46. The van der Waals surface area contributed by atoms with Crippen LogP contribution in [0.3, 0.4) is 0 Å². The SMILES string of the molecule is CN(Cc1ccccc1)C1CCC1CNC1CC1. The van der Waals surface area contributed by atoms with E-state index in [-0.39, 0.29) is 0 Å². The lowest BCUT2D eigenvalue weighted by molar-refractivity contribution is 0.0778. The zero-order chi connectivity index (χ0) is 12.4. The Bertz CT molecular complexity index is 372. The highest BCUT2D eigenvalue weighted by molar-refractivity contribution is 5.14. The molecule has 2 heteroatoms. The van der Waals surface area contributed by atoms with E-state index in [0.717, 1.165) is 24.5 Å². The molecule has 0 heterocycles. The Labute approximate surface area is 110 Å². The Morgan fingerprint density at radius 2 is 1.89 bits per heavy atom. The number of hydrogen-bond donors (Lipinski definition) is 1. The van der Waals surface area contributed by atoms with Gasteiger partial charge in [-0.25, -0.2) is 0 Å². The van der Waals surface area contributed by atoms with Gasteiger partial charge in [-0.3, -0.25) is 4.90 Å². The van der Waals surface area contributed by atoms with E-state index < -0.39 is 0 Å². The predicted octanol–water partition coefficient (Wildman–Crippen LogP) is 2.65. The van der Waals surface area contributed by atoms with Gasteiger partial charge in [0.1, 0.15) is 0 Å². The fraction of sp³-hybridized carbons (Fsp3) is 0.625. The molecule has 0 aliphatic heterocycles. The second kappa shape index (κ2) is 5.41. The monoisotopic (exact) mass is 244 g/mol. The maximum atomic E-state index is 3.68. The molecule has 0 saturated heterocycles. The van der Waals surface area contributed by atoms with Gasteiger partial charge in [-0.1, -0.05) is 30.3 Å². The molecule has 18 heavy (non-hydrogen) atoms. The third-order valence-electron chi connectivity index (χ3n) is 4.46. The van der Waals surface area contributed by atoms with Gasteiger partial charge in [0.2, 0.25) is 0 Å². The standard InChI is InChI=1S/C16H24N2/c1-18(12-13-5-3-2-4-6-13)16-10-7-14(16)11-17-15-8-9-15/h2-6,14-17H,7-12H2,1H3. The topological polar surface area (TPSA) is 15.3 Å². The molecule has 0 aromatic heterocycles. The van der Waals surface area contributed by atoms with E-state index in [1.807, 2.05) is 0 Å². The van der Waals surface area contributed by atoms with Crippen LogP contribution in [0.15, 0.2) is 30.3 Å². The quantitative estimate of drug-likeness (QED) is 0.827. The van der Waals surface area contributed by atoms with Crippen LogP contribution in [-0.2, 0) is 6.54 Å². The van der Waals surface area contributed by atoms with Gasteiger partial charge in [0.15, 0.2) is 0 Å². The summed E-state index contributed by atoms with van der Waals surface area (Å²) >= 11 is 0. The Morgan fingerprint density at radius 3 is 2.50 bits per heavy atom. The molecule has 1 N–H and O–H groups in total. The zero-order valence-electron chi connectivity index (χ0n) is 11.3. The fourth-order valence-electron chi connectivity index (χ4n) is 2.96. The van der Waals surface area contributed by atoms with Crippen LogP contribution in [0.2, 0.25) is 0 Å². The number of benzene rings is 1. The Kier molecular flexibility index (Phi) is 3.67. The summed E-state index contributed by atoms with van der Waals surface area (Å²) in [4.78, 5) is 2.54. The van der Waals surface area contributed by atoms with Crippen LogP contribution in [0, 0.1) is 5.92 Å². The molecular formula is C16H24N2. The molecule has 0 spiro atoms. The molecule has 2 saturated carbocycles. The molecule has 1 aromatic carbocycles. The summed E-state index contributed by atoms with van der Waals surface area (Å²) in [5.41, 5.74) is 1.43. The maximum absolute atomic E-state index is 3.68. The highest BCUT2D eigenvalue weighted by Crippen LogP contribution is 2.32. The van der Waals surface area contributed by atoms with Crippen molar-refractivity contribution >= 4 is 0 Å². The van der Waals surface area contributed by atoms with E-state index in [1.165, 1.54) is 37.8 Å². The summed E-state index contributed by atoms with van der Waals surface area (Å²) in [6.07, 6.45) is 5.58. The molecular weight excluding hydrogens is 220 g/mol. The van der Waals surface area contributed by atoms with Crippen molar-refractivity contribution in [3.63, 3.8) is 0 Å². The van der Waals surface area contributed by atoms with Crippen LogP contribution in [0.1, 0.15) is 31.2 Å². The van der Waals surface area contributed by atoms with Crippen molar-refractivity contribution in [3.8, 4) is 0 Å². The first-order valence-electron chi connectivity index (χ1n) is 7.30. The van der Waals surface area contributed by atoms with Crippen LogP contribution in [0.5, 0.6) is 0 Å². The van der Waals surface area contributed by atoms with Crippen LogP contribution >= 0.6 is 0 Å². The molecule has 98 valence electrons. The number of nitrogens with zero attached hydrogens (tertiary/aromatic N) is 1. The largest absolute Gasteiger partial charge is 0.314 e. The Morgan fingerprint density at radius 1 is 1.11 bits per heavy atom.